The third kappa shape index (κ3) is 9.19. The SMILES string of the molecule is C[n+]1ccccc1/C=C(\c1ccccc1)N1CCOCC1.F[P-](F)(F)(F)(F)F. The monoisotopic (exact) mass is 426 g/mol. The standard InChI is InChI=1S/C18H21N2O.F6P/c1-19-10-6-5-9-17(19)15-18(16-7-3-2-4-8-16)20-11-13-21-14-12-20;1-7(2,3,4,5)6/h2-10,15H,11-14H2,1H3;/q+1;-1. The average Bonchev–Trinajstić information content (AvgIpc) is 2.60. The summed E-state index contributed by atoms with van der Waals surface area (Å²) in [5.74, 6) is 0. The zero-order chi connectivity index (χ0) is 20.9. The Balaban J connectivity index is 0.000000345. The Bertz CT molecular complexity index is 808. The number of hydrogen-bond acceptors (Lipinski definition) is 2. The number of nitrogens with zero attached hydrogens (tertiary/aromatic N) is 2. The maximum atomic E-state index is 9.87. The first-order valence-electron chi connectivity index (χ1n) is 8.40. The van der Waals surface area contributed by atoms with Crippen molar-refractivity contribution < 1.29 is 34.5 Å². The van der Waals surface area contributed by atoms with E-state index >= 15 is 0 Å². The van der Waals surface area contributed by atoms with Gasteiger partial charge in [-0.15, -0.1) is 0 Å². The van der Waals surface area contributed by atoms with Gasteiger partial charge in [0.05, 0.1) is 18.9 Å². The second-order valence-corrected chi connectivity index (χ2v) is 8.11. The van der Waals surface area contributed by atoms with E-state index in [-0.39, 0.29) is 0 Å². The minimum absolute atomic E-state index is 0.797. The van der Waals surface area contributed by atoms with Crippen LogP contribution in [-0.4, -0.2) is 31.2 Å². The zero-order valence-electron chi connectivity index (χ0n) is 15.1. The fourth-order valence-corrected chi connectivity index (χ4v) is 2.60. The Kier molecular flexibility index (Phi) is 6.11. The van der Waals surface area contributed by atoms with E-state index < -0.39 is 7.81 Å². The number of pyridine rings is 1. The molecule has 1 aliphatic heterocycles. The summed E-state index contributed by atoms with van der Waals surface area (Å²) in [4.78, 5) is 2.41. The topological polar surface area (TPSA) is 16.4 Å². The molecular formula is C18H21F6N2OP. The first-order chi connectivity index (χ1) is 12.8. The van der Waals surface area contributed by atoms with Gasteiger partial charge in [0.1, 0.15) is 7.05 Å². The summed E-state index contributed by atoms with van der Waals surface area (Å²) in [5, 5.41) is 0. The van der Waals surface area contributed by atoms with E-state index in [1.165, 1.54) is 17.0 Å². The molecule has 0 aliphatic carbocycles. The normalized spacial score (nSPS) is 17.8. The van der Waals surface area contributed by atoms with Crippen molar-refractivity contribution in [2.45, 2.75) is 0 Å². The van der Waals surface area contributed by atoms with E-state index in [4.69, 9.17) is 4.74 Å². The van der Waals surface area contributed by atoms with Crippen LogP contribution < -0.4 is 4.57 Å². The first-order valence-corrected chi connectivity index (χ1v) is 10.4. The molecule has 2 heterocycles. The van der Waals surface area contributed by atoms with Crippen LogP contribution in [0.5, 0.6) is 0 Å². The van der Waals surface area contributed by atoms with E-state index in [0.29, 0.717) is 0 Å². The Morgan fingerprint density at radius 1 is 0.929 bits per heavy atom. The van der Waals surface area contributed by atoms with Crippen LogP contribution in [0.3, 0.4) is 0 Å². The van der Waals surface area contributed by atoms with E-state index in [9.17, 15) is 25.2 Å². The number of hydrogen-bond donors (Lipinski definition) is 0. The molecule has 0 unspecified atom stereocenters. The van der Waals surface area contributed by atoms with Crippen LogP contribution in [-0.2, 0) is 11.8 Å². The minimum atomic E-state index is -10.7. The van der Waals surface area contributed by atoms with Crippen LogP contribution in [0.25, 0.3) is 11.8 Å². The van der Waals surface area contributed by atoms with Gasteiger partial charge < -0.3 is 9.64 Å². The molecule has 28 heavy (non-hydrogen) atoms. The van der Waals surface area contributed by atoms with Gasteiger partial charge in [-0.2, -0.15) is 0 Å². The number of ether oxygens (including phenoxy) is 1. The molecule has 1 aromatic carbocycles. The molecule has 0 bridgehead atoms. The third-order valence-electron chi connectivity index (χ3n) is 3.80. The predicted octanol–water partition coefficient (Wildman–Crippen LogP) is 5.72. The number of aryl methyl sites for hydroxylation is 1. The van der Waals surface area contributed by atoms with Crippen molar-refractivity contribution in [1.82, 2.24) is 4.90 Å². The van der Waals surface area contributed by atoms with Gasteiger partial charge in [0.25, 0.3) is 0 Å². The van der Waals surface area contributed by atoms with Crippen LogP contribution in [0.15, 0.2) is 54.7 Å². The Morgan fingerprint density at radius 2 is 1.46 bits per heavy atom. The predicted molar refractivity (Wildman–Crippen MR) is 97.9 cm³/mol. The number of morpholine rings is 1. The maximum absolute atomic E-state index is 10.7. The molecule has 0 saturated carbocycles. The Hall–Kier alpha value is -2.12. The molecule has 0 spiro atoms. The number of benzene rings is 1. The fraction of sp³-hybridized carbons (Fsp3) is 0.278. The second kappa shape index (κ2) is 7.72. The van der Waals surface area contributed by atoms with Crippen LogP contribution in [0.4, 0.5) is 25.2 Å². The van der Waals surface area contributed by atoms with Crippen molar-refractivity contribution in [1.29, 1.82) is 0 Å². The molecule has 1 aromatic heterocycles. The van der Waals surface area contributed by atoms with Gasteiger partial charge in [-0.25, -0.2) is 4.57 Å². The van der Waals surface area contributed by atoms with Crippen molar-refractivity contribution in [2.24, 2.45) is 7.05 Å². The summed E-state index contributed by atoms with van der Waals surface area (Å²) in [7, 11) is -8.58. The van der Waals surface area contributed by atoms with E-state index in [2.05, 4.69) is 71.3 Å². The summed E-state index contributed by atoms with van der Waals surface area (Å²) in [5.41, 5.74) is 3.71. The molecular weight excluding hydrogens is 405 g/mol. The molecule has 156 valence electrons. The summed E-state index contributed by atoms with van der Waals surface area (Å²) < 4.78 is 66.8. The zero-order valence-corrected chi connectivity index (χ0v) is 16.0. The van der Waals surface area contributed by atoms with Crippen molar-refractivity contribution in [3.8, 4) is 0 Å². The van der Waals surface area contributed by atoms with Gasteiger partial charge in [0.15, 0.2) is 6.20 Å². The van der Waals surface area contributed by atoms with Crippen LogP contribution in [0.1, 0.15) is 11.3 Å². The van der Waals surface area contributed by atoms with Crippen molar-refractivity contribution in [3.05, 3.63) is 66.0 Å². The van der Waals surface area contributed by atoms with Crippen molar-refractivity contribution >= 4 is 19.6 Å². The van der Waals surface area contributed by atoms with Gasteiger partial charge in [-0.1, -0.05) is 30.3 Å². The van der Waals surface area contributed by atoms with Crippen LogP contribution >= 0.6 is 7.81 Å². The van der Waals surface area contributed by atoms with Crippen molar-refractivity contribution in [3.63, 3.8) is 0 Å². The first kappa shape index (κ1) is 22.2. The molecule has 0 radical (unpaired) electrons. The van der Waals surface area contributed by atoms with E-state index in [0.717, 1.165) is 26.3 Å². The van der Waals surface area contributed by atoms with Gasteiger partial charge in [-0.05, 0) is 11.6 Å². The molecule has 3 nitrogen and oxygen atoms in total. The van der Waals surface area contributed by atoms with Crippen LogP contribution in [0, 0.1) is 0 Å². The third-order valence-corrected chi connectivity index (χ3v) is 3.80. The molecule has 1 fully saturated rings. The molecule has 0 amide bonds. The summed E-state index contributed by atoms with van der Waals surface area (Å²) in [6.45, 7) is 3.48. The quantitative estimate of drug-likeness (QED) is 0.355. The van der Waals surface area contributed by atoms with Gasteiger partial charge >= 0.3 is 33.0 Å². The summed E-state index contributed by atoms with van der Waals surface area (Å²) >= 11 is 0. The Labute approximate surface area is 159 Å². The number of rotatable bonds is 3. The molecule has 1 saturated heterocycles. The van der Waals surface area contributed by atoms with Gasteiger partial charge in [0, 0.05) is 31.3 Å². The Morgan fingerprint density at radius 3 is 2.00 bits per heavy atom. The molecule has 0 atom stereocenters. The van der Waals surface area contributed by atoms with Gasteiger partial charge in [0.2, 0.25) is 5.69 Å². The number of halogens is 6. The second-order valence-electron chi connectivity index (χ2n) is 6.19. The van der Waals surface area contributed by atoms with E-state index in [1.54, 1.807) is 0 Å². The summed E-state index contributed by atoms with van der Waals surface area (Å²) in [6, 6.07) is 16.9. The van der Waals surface area contributed by atoms with E-state index in [1.807, 2.05) is 6.07 Å². The molecule has 10 heteroatoms. The molecule has 2 aromatic rings. The average molecular weight is 426 g/mol. The molecule has 0 N–H and O–H groups in total. The number of aromatic nitrogens is 1. The van der Waals surface area contributed by atoms with Crippen LogP contribution in [0.2, 0.25) is 0 Å². The van der Waals surface area contributed by atoms with Gasteiger partial charge in [-0.3, -0.25) is 0 Å². The fourth-order valence-electron chi connectivity index (χ4n) is 2.60. The summed E-state index contributed by atoms with van der Waals surface area (Å²) in [6.07, 6.45) is 4.34. The van der Waals surface area contributed by atoms with Crippen molar-refractivity contribution in [2.75, 3.05) is 26.3 Å². The molecule has 1 aliphatic rings. The molecule has 3 rings (SSSR count).